The van der Waals surface area contributed by atoms with Gasteiger partial charge in [0.2, 0.25) is 0 Å². The zero-order valence-corrected chi connectivity index (χ0v) is 16.1. The molecule has 0 fully saturated rings. The van der Waals surface area contributed by atoms with Crippen LogP contribution in [0.1, 0.15) is 16.9 Å². The van der Waals surface area contributed by atoms with Crippen molar-refractivity contribution in [2.45, 2.75) is 13.5 Å². The van der Waals surface area contributed by atoms with Crippen molar-refractivity contribution in [3.05, 3.63) is 89.6 Å². The number of furan rings is 1. The first-order chi connectivity index (χ1) is 14.6. The Morgan fingerprint density at radius 3 is 2.73 bits per heavy atom. The van der Waals surface area contributed by atoms with E-state index in [1.54, 1.807) is 37.3 Å². The standard InChI is InChI=1S/C22H18FN5O2/c1-15-9-10-16(12-19(15)23)14-24-22(29)20(13-18-8-5-11-30-18)28-21(25-26-27-28)17-6-3-2-4-7-17/h2-13H,14H2,1H3,(H,24,29)/b20-13-. The molecule has 0 bridgehead atoms. The van der Waals surface area contributed by atoms with E-state index in [-0.39, 0.29) is 18.1 Å². The van der Waals surface area contributed by atoms with Gasteiger partial charge >= 0.3 is 0 Å². The Bertz CT molecular complexity index is 1180. The number of hydrogen-bond donors (Lipinski definition) is 1. The molecule has 7 nitrogen and oxygen atoms in total. The predicted octanol–water partition coefficient (Wildman–Crippen LogP) is 3.70. The van der Waals surface area contributed by atoms with Crippen LogP contribution in [0.3, 0.4) is 0 Å². The summed E-state index contributed by atoms with van der Waals surface area (Å²) in [5, 5.41) is 14.6. The molecule has 0 saturated heterocycles. The molecule has 150 valence electrons. The number of hydrogen-bond acceptors (Lipinski definition) is 5. The van der Waals surface area contributed by atoms with E-state index in [0.717, 1.165) is 5.56 Å². The molecule has 0 radical (unpaired) electrons. The number of aromatic nitrogens is 4. The summed E-state index contributed by atoms with van der Waals surface area (Å²) in [5.74, 6) is 0.123. The van der Waals surface area contributed by atoms with Gasteiger partial charge in [-0.2, -0.15) is 4.68 Å². The smallest absolute Gasteiger partial charge is 0.270 e. The monoisotopic (exact) mass is 403 g/mol. The van der Waals surface area contributed by atoms with E-state index >= 15 is 0 Å². The summed E-state index contributed by atoms with van der Waals surface area (Å²) in [6, 6.07) is 17.6. The van der Waals surface area contributed by atoms with Crippen LogP contribution in [0.2, 0.25) is 0 Å². The quantitative estimate of drug-likeness (QED) is 0.496. The minimum absolute atomic E-state index is 0.147. The third-order valence-corrected chi connectivity index (χ3v) is 4.47. The lowest BCUT2D eigenvalue weighted by Crippen LogP contribution is -2.27. The van der Waals surface area contributed by atoms with Gasteiger partial charge in [0.15, 0.2) is 5.82 Å². The van der Waals surface area contributed by atoms with Gasteiger partial charge in [-0.25, -0.2) is 4.39 Å². The maximum Gasteiger partial charge on any atom is 0.270 e. The number of halogens is 1. The molecule has 1 amide bonds. The maximum absolute atomic E-state index is 13.8. The number of amides is 1. The Morgan fingerprint density at radius 2 is 2.00 bits per heavy atom. The van der Waals surface area contributed by atoms with Gasteiger partial charge in [0.05, 0.1) is 6.26 Å². The van der Waals surface area contributed by atoms with Crippen LogP contribution in [0.15, 0.2) is 71.3 Å². The lowest BCUT2D eigenvalue weighted by Gasteiger charge is -2.11. The maximum atomic E-state index is 13.8. The number of carbonyl (C=O) groups excluding carboxylic acids is 1. The Labute approximate surface area is 171 Å². The highest BCUT2D eigenvalue weighted by molar-refractivity contribution is 6.18. The Morgan fingerprint density at radius 1 is 1.17 bits per heavy atom. The second-order valence-corrected chi connectivity index (χ2v) is 6.59. The fourth-order valence-electron chi connectivity index (χ4n) is 2.87. The number of aryl methyl sites for hydroxylation is 1. The summed E-state index contributed by atoms with van der Waals surface area (Å²) in [6.45, 7) is 1.83. The third-order valence-electron chi connectivity index (χ3n) is 4.47. The van der Waals surface area contributed by atoms with E-state index < -0.39 is 5.91 Å². The highest BCUT2D eigenvalue weighted by atomic mass is 19.1. The number of nitrogens with zero attached hydrogens (tertiary/aromatic N) is 4. The molecule has 1 N–H and O–H groups in total. The fraction of sp³-hybridized carbons (Fsp3) is 0.0909. The van der Waals surface area contributed by atoms with Gasteiger partial charge in [0.1, 0.15) is 17.3 Å². The molecule has 2 heterocycles. The molecule has 0 atom stereocenters. The van der Waals surface area contributed by atoms with Gasteiger partial charge in [-0.15, -0.1) is 5.10 Å². The first kappa shape index (κ1) is 19.3. The van der Waals surface area contributed by atoms with Crippen molar-refractivity contribution in [2.24, 2.45) is 0 Å². The summed E-state index contributed by atoms with van der Waals surface area (Å²) in [7, 11) is 0. The number of nitrogens with one attached hydrogen (secondary N) is 1. The van der Waals surface area contributed by atoms with Gasteiger partial charge in [0.25, 0.3) is 5.91 Å². The molecule has 0 aliphatic heterocycles. The van der Waals surface area contributed by atoms with Crippen LogP contribution in [0.5, 0.6) is 0 Å². The highest BCUT2D eigenvalue weighted by Crippen LogP contribution is 2.20. The zero-order chi connectivity index (χ0) is 20.9. The molecule has 2 aromatic heterocycles. The van der Waals surface area contributed by atoms with Gasteiger partial charge < -0.3 is 9.73 Å². The third kappa shape index (κ3) is 4.17. The van der Waals surface area contributed by atoms with Gasteiger partial charge in [-0.3, -0.25) is 4.79 Å². The molecule has 0 saturated carbocycles. The van der Waals surface area contributed by atoms with Gasteiger partial charge in [-0.1, -0.05) is 42.5 Å². The molecule has 4 aromatic rings. The average Bonchev–Trinajstić information content (AvgIpc) is 3.45. The second kappa shape index (κ2) is 8.52. The van der Waals surface area contributed by atoms with Gasteiger partial charge in [0, 0.05) is 18.2 Å². The van der Waals surface area contributed by atoms with Crippen molar-refractivity contribution >= 4 is 17.7 Å². The largest absolute Gasteiger partial charge is 0.465 e. The molecule has 0 aliphatic rings. The van der Waals surface area contributed by atoms with Crippen LogP contribution in [-0.2, 0) is 11.3 Å². The van der Waals surface area contributed by atoms with Gasteiger partial charge in [-0.05, 0) is 46.7 Å². The lowest BCUT2D eigenvalue weighted by atomic mass is 10.1. The van der Waals surface area contributed by atoms with Crippen molar-refractivity contribution in [1.29, 1.82) is 0 Å². The van der Waals surface area contributed by atoms with Crippen molar-refractivity contribution in [2.75, 3.05) is 0 Å². The number of tetrazole rings is 1. The van der Waals surface area contributed by atoms with Crippen molar-refractivity contribution in [1.82, 2.24) is 25.5 Å². The topological polar surface area (TPSA) is 85.8 Å². The SMILES string of the molecule is Cc1ccc(CNC(=O)/C(=C/c2ccco2)n2nnnc2-c2ccccc2)cc1F. The molecule has 2 aromatic carbocycles. The van der Waals surface area contributed by atoms with E-state index in [2.05, 4.69) is 20.8 Å². The van der Waals surface area contributed by atoms with Crippen LogP contribution in [0.25, 0.3) is 23.2 Å². The highest BCUT2D eigenvalue weighted by Gasteiger charge is 2.19. The van der Waals surface area contributed by atoms with Crippen LogP contribution in [0.4, 0.5) is 4.39 Å². The summed E-state index contributed by atoms with van der Waals surface area (Å²) in [4.78, 5) is 13.0. The second-order valence-electron chi connectivity index (χ2n) is 6.59. The molecule has 30 heavy (non-hydrogen) atoms. The molecular weight excluding hydrogens is 385 g/mol. The first-order valence-corrected chi connectivity index (χ1v) is 9.24. The average molecular weight is 403 g/mol. The Hall–Kier alpha value is -4.07. The summed E-state index contributed by atoms with van der Waals surface area (Å²) in [6.07, 6.45) is 3.06. The van der Waals surface area contributed by atoms with Crippen molar-refractivity contribution in [3.63, 3.8) is 0 Å². The fourth-order valence-corrected chi connectivity index (χ4v) is 2.87. The van der Waals surface area contributed by atoms with Crippen LogP contribution in [-0.4, -0.2) is 26.1 Å². The molecule has 0 spiro atoms. The van der Waals surface area contributed by atoms with E-state index in [4.69, 9.17) is 4.42 Å². The first-order valence-electron chi connectivity index (χ1n) is 9.24. The molecular formula is C22H18FN5O2. The lowest BCUT2D eigenvalue weighted by molar-refractivity contribution is -0.116. The minimum Gasteiger partial charge on any atom is -0.465 e. The predicted molar refractivity (Wildman–Crippen MR) is 109 cm³/mol. The number of benzene rings is 2. The van der Waals surface area contributed by atoms with E-state index in [9.17, 15) is 9.18 Å². The molecule has 0 aliphatic carbocycles. The van der Waals surface area contributed by atoms with Crippen molar-refractivity contribution < 1.29 is 13.6 Å². The zero-order valence-electron chi connectivity index (χ0n) is 16.1. The Kier molecular flexibility index (Phi) is 5.47. The van der Waals surface area contributed by atoms with Crippen LogP contribution < -0.4 is 5.32 Å². The minimum atomic E-state index is -0.433. The molecule has 4 rings (SSSR count). The Balaban J connectivity index is 1.65. The van der Waals surface area contributed by atoms with E-state index in [1.165, 1.54) is 17.0 Å². The molecule has 8 heteroatoms. The van der Waals surface area contributed by atoms with Crippen LogP contribution >= 0.6 is 0 Å². The van der Waals surface area contributed by atoms with E-state index in [0.29, 0.717) is 22.7 Å². The number of carbonyl (C=O) groups is 1. The molecule has 0 unspecified atom stereocenters. The summed E-state index contributed by atoms with van der Waals surface area (Å²) >= 11 is 0. The van der Waals surface area contributed by atoms with Crippen molar-refractivity contribution in [3.8, 4) is 11.4 Å². The van der Waals surface area contributed by atoms with Crippen LogP contribution in [0, 0.1) is 12.7 Å². The normalized spacial score (nSPS) is 11.5. The number of rotatable bonds is 6. The van der Waals surface area contributed by atoms with E-state index in [1.807, 2.05) is 30.3 Å². The summed E-state index contributed by atoms with van der Waals surface area (Å²) < 4.78 is 20.5. The summed E-state index contributed by atoms with van der Waals surface area (Å²) in [5.41, 5.74) is 2.11.